The number of hydrogen-bond acceptors (Lipinski definition) is 4. The number of piperidine rings is 1. The Labute approximate surface area is 120 Å². The zero-order valence-electron chi connectivity index (χ0n) is 12.3. The average molecular weight is 277 g/mol. The molecule has 1 unspecified atom stereocenters. The zero-order valence-corrected chi connectivity index (χ0v) is 12.3. The number of pyridine rings is 1. The molecular formula is C15H23N3O2. The van der Waals surface area contributed by atoms with E-state index in [0.29, 0.717) is 18.2 Å². The fraction of sp³-hybridized carbons (Fsp3) is 0.600. The van der Waals surface area contributed by atoms with Crippen molar-refractivity contribution in [2.45, 2.75) is 39.2 Å². The second-order valence-electron chi connectivity index (χ2n) is 5.04. The molecule has 1 aromatic heterocycles. The number of anilines is 1. The second-order valence-corrected chi connectivity index (χ2v) is 5.04. The molecule has 20 heavy (non-hydrogen) atoms. The summed E-state index contributed by atoms with van der Waals surface area (Å²) in [6, 6.07) is 3.40. The predicted octanol–water partition coefficient (Wildman–Crippen LogP) is 2.29. The van der Waals surface area contributed by atoms with Crippen LogP contribution in [0.2, 0.25) is 0 Å². The van der Waals surface area contributed by atoms with Gasteiger partial charge in [-0.05, 0) is 45.2 Å². The highest BCUT2D eigenvalue weighted by Gasteiger charge is 2.22. The van der Waals surface area contributed by atoms with Gasteiger partial charge in [0.25, 0.3) is 0 Å². The summed E-state index contributed by atoms with van der Waals surface area (Å²) in [6.07, 6.45) is 5.13. The Kier molecular flexibility index (Phi) is 5.21. The molecule has 0 saturated carbocycles. The molecule has 110 valence electrons. The van der Waals surface area contributed by atoms with Crippen LogP contribution in [0.25, 0.3) is 0 Å². The van der Waals surface area contributed by atoms with Gasteiger partial charge in [0.2, 0.25) is 5.91 Å². The van der Waals surface area contributed by atoms with E-state index < -0.39 is 0 Å². The van der Waals surface area contributed by atoms with Gasteiger partial charge < -0.3 is 15.0 Å². The van der Waals surface area contributed by atoms with E-state index in [1.54, 1.807) is 6.20 Å². The molecule has 1 aliphatic rings. The number of aromatic nitrogens is 1. The minimum atomic E-state index is -0.290. The van der Waals surface area contributed by atoms with Crippen LogP contribution in [0.3, 0.4) is 0 Å². The third-order valence-electron chi connectivity index (χ3n) is 3.46. The Morgan fingerprint density at radius 1 is 1.45 bits per heavy atom. The van der Waals surface area contributed by atoms with E-state index in [2.05, 4.69) is 10.3 Å². The maximum atomic E-state index is 12.4. The molecular weight excluding hydrogens is 254 g/mol. The van der Waals surface area contributed by atoms with E-state index in [1.807, 2.05) is 30.9 Å². The first-order valence-corrected chi connectivity index (χ1v) is 7.35. The molecule has 2 heterocycles. The van der Waals surface area contributed by atoms with Crippen LogP contribution in [0, 0.1) is 0 Å². The van der Waals surface area contributed by atoms with Crippen LogP contribution in [-0.4, -0.2) is 41.5 Å². The summed E-state index contributed by atoms with van der Waals surface area (Å²) >= 11 is 0. The maximum absolute atomic E-state index is 12.4. The molecule has 1 aromatic rings. The van der Waals surface area contributed by atoms with Crippen molar-refractivity contribution >= 4 is 11.7 Å². The SMILES string of the molecule is CCOc1cccnc1NC(C)C(=O)N1CCCCC1. The molecule has 0 radical (unpaired) electrons. The minimum absolute atomic E-state index is 0.137. The van der Waals surface area contributed by atoms with Crippen LogP contribution >= 0.6 is 0 Å². The van der Waals surface area contributed by atoms with Crippen molar-refractivity contribution in [2.24, 2.45) is 0 Å². The lowest BCUT2D eigenvalue weighted by atomic mass is 10.1. The van der Waals surface area contributed by atoms with Crippen molar-refractivity contribution < 1.29 is 9.53 Å². The maximum Gasteiger partial charge on any atom is 0.244 e. The molecule has 1 N–H and O–H groups in total. The smallest absolute Gasteiger partial charge is 0.244 e. The topological polar surface area (TPSA) is 54.5 Å². The van der Waals surface area contributed by atoms with Gasteiger partial charge in [0.1, 0.15) is 6.04 Å². The van der Waals surface area contributed by atoms with Crippen molar-refractivity contribution in [3.05, 3.63) is 18.3 Å². The molecule has 0 bridgehead atoms. The summed E-state index contributed by atoms with van der Waals surface area (Å²) in [5, 5.41) is 3.17. The second kappa shape index (κ2) is 7.12. The first-order valence-electron chi connectivity index (χ1n) is 7.35. The van der Waals surface area contributed by atoms with Gasteiger partial charge in [-0.15, -0.1) is 0 Å². The van der Waals surface area contributed by atoms with Crippen molar-refractivity contribution in [1.29, 1.82) is 0 Å². The van der Waals surface area contributed by atoms with Gasteiger partial charge in [-0.25, -0.2) is 4.98 Å². The number of carbonyl (C=O) groups is 1. The van der Waals surface area contributed by atoms with E-state index in [4.69, 9.17) is 4.74 Å². The monoisotopic (exact) mass is 277 g/mol. The Morgan fingerprint density at radius 2 is 2.20 bits per heavy atom. The van der Waals surface area contributed by atoms with E-state index in [9.17, 15) is 4.79 Å². The van der Waals surface area contributed by atoms with Crippen molar-refractivity contribution in [3.8, 4) is 5.75 Å². The number of carbonyl (C=O) groups excluding carboxylic acids is 1. The first kappa shape index (κ1) is 14.6. The standard InChI is InChI=1S/C15H23N3O2/c1-3-20-13-8-7-9-16-14(13)17-12(2)15(19)18-10-5-4-6-11-18/h7-9,12H,3-6,10-11H2,1-2H3,(H,16,17). The molecule has 5 nitrogen and oxygen atoms in total. The van der Waals surface area contributed by atoms with Crippen LogP contribution in [0.15, 0.2) is 18.3 Å². The van der Waals surface area contributed by atoms with E-state index >= 15 is 0 Å². The highest BCUT2D eigenvalue weighted by Crippen LogP contribution is 2.22. The van der Waals surface area contributed by atoms with Crippen molar-refractivity contribution in [2.75, 3.05) is 25.0 Å². The van der Waals surface area contributed by atoms with Crippen LogP contribution in [-0.2, 0) is 4.79 Å². The minimum Gasteiger partial charge on any atom is -0.490 e. The average Bonchev–Trinajstić information content (AvgIpc) is 2.49. The lowest BCUT2D eigenvalue weighted by Crippen LogP contribution is -2.44. The molecule has 1 aliphatic heterocycles. The van der Waals surface area contributed by atoms with E-state index in [0.717, 1.165) is 25.9 Å². The highest BCUT2D eigenvalue weighted by molar-refractivity contribution is 5.84. The number of ether oxygens (including phenoxy) is 1. The molecule has 0 spiro atoms. The first-order chi connectivity index (χ1) is 9.72. The third kappa shape index (κ3) is 3.62. The summed E-state index contributed by atoms with van der Waals surface area (Å²) in [5.74, 6) is 1.46. The predicted molar refractivity (Wildman–Crippen MR) is 78.9 cm³/mol. The number of likely N-dealkylation sites (tertiary alicyclic amines) is 1. The molecule has 0 aliphatic carbocycles. The van der Waals surface area contributed by atoms with E-state index in [-0.39, 0.29) is 11.9 Å². The van der Waals surface area contributed by atoms with Gasteiger partial charge in [-0.3, -0.25) is 4.79 Å². The van der Waals surface area contributed by atoms with Crippen LogP contribution < -0.4 is 10.1 Å². The number of amides is 1. The van der Waals surface area contributed by atoms with Crippen LogP contribution in [0.5, 0.6) is 5.75 Å². The third-order valence-corrected chi connectivity index (χ3v) is 3.46. The fourth-order valence-electron chi connectivity index (χ4n) is 2.43. The highest BCUT2D eigenvalue weighted by atomic mass is 16.5. The lowest BCUT2D eigenvalue weighted by Gasteiger charge is -2.29. The number of rotatable bonds is 5. The summed E-state index contributed by atoms with van der Waals surface area (Å²) in [6.45, 7) is 6.12. The van der Waals surface area contributed by atoms with Crippen LogP contribution in [0.4, 0.5) is 5.82 Å². The molecule has 1 saturated heterocycles. The molecule has 5 heteroatoms. The Hall–Kier alpha value is -1.78. The molecule has 1 amide bonds. The van der Waals surface area contributed by atoms with Gasteiger partial charge in [0.05, 0.1) is 6.61 Å². The number of nitrogens with zero attached hydrogens (tertiary/aromatic N) is 2. The Morgan fingerprint density at radius 3 is 2.90 bits per heavy atom. The number of hydrogen-bond donors (Lipinski definition) is 1. The number of nitrogens with one attached hydrogen (secondary N) is 1. The lowest BCUT2D eigenvalue weighted by molar-refractivity contribution is -0.132. The largest absolute Gasteiger partial charge is 0.490 e. The van der Waals surface area contributed by atoms with Gasteiger partial charge in [0, 0.05) is 19.3 Å². The zero-order chi connectivity index (χ0) is 14.4. The van der Waals surface area contributed by atoms with Gasteiger partial charge >= 0.3 is 0 Å². The van der Waals surface area contributed by atoms with Gasteiger partial charge in [-0.2, -0.15) is 0 Å². The van der Waals surface area contributed by atoms with Gasteiger partial charge in [-0.1, -0.05) is 0 Å². The van der Waals surface area contributed by atoms with Crippen molar-refractivity contribution in [3.63, 3.8) is 0 Å². The normalized spacial score (nSPS) is 16.6. The van der Waals surface area contributed by atoms with Crippen molar-refractivity contribution in [1.82, 2.24) is 9.88 Å². The van der Waals surface area contributed by atoms with Gasteiger partial charge in [0.15, 0.2) is 11.6 Å². The quantitative estimate of drug-likeness (QED) is 0.897. The molecule has 0 aromatic carbocycles. The summed E-state index contributed by atoms with van der Waals surface area (Å²) in [4.78, 5) is 18.6. The summed E-state index contributed by atoms with van der Waals surface area (Å²) in [5.41, 5.74) is 0. The Balaban J connectivity index is 1.99. The Bertz CT molecular complexity index is 444. The summed E-state index contributed by atoms with van der Waals surface area (Å²) in [7, 11) is 0. The molecule has 2 rings (SSSR count). The fourth-order valence-corrected chi connectivity index (χ4v) is 2.43. The molecule has 1 atom stereocenters. The van der Waals surface area contributed by atoms with E-state index in [1.165, 1.54) is 6.42 Å². The van der Waals surface area contributed by atoms with Crippen LogP contribution in [0.1, 0.15) is 33.1 Å². The molecule has 1 fully saturated rings. The summed E-state index contributed by atoms with van der Waals surface area (Å²) < 4.78 is 5.51.